The molecule has 272 valence electrons. The van der Waals surface area contributed by atoms with E-state index in [1.807, 2.05) is 30.3 Å². The summed E-state index contributed by atoms with van der Waals surface area (Å²) in [6.07, 6.45) is 0. The number of oxazole rings is 1. The molecule has 0 aliphatic rings. The van der Waals surface area contributed by atoms with Crippen molar-refractivity contribution in [2.24, 2.45) is 0 Å². The number of hydrogen-bond donors (Lipinski definition) is 0. The van der Waals surface area contributed by atoms with E-state index in [0.29, 0.717) is 5.89 Å². The molecule has 0 radical (unpaired) electrons. The molecule has 58 heavy (non-hydrogen) atoms. The predicted octanol–water partition coefficient (Wildman–Crippen LogP) is 15.4. The van der Waals surface area contributed by atoms with E-state index in [4.69, 9.17) is 9.40 Å². The zero-order valence-electron chi connectivity index (χ0n) is 31.6. The molecular formula is C55H36N2O. The van der Waals surface area contributed by atoms with Gasteiger partial charge in [-0.25, -0.2) is 4.98 Å². The van der Waals surface area contributed by atoms with Gasteiger partial charge in [-0.15, -0.1) is 0 Å². The highest BCUT2D eigenvalue weighted by atomic mass is 16.3. The molecule has 0 bridgehead atoms. The van der Waals surface area contributed by atoms with Crippen molar-refractivity contribution in [1.29, 1.82) is 0 Å². The Bertz CT molecular complexity index is 3190. The maximum atomic E-state index is 6.62. The van der Waals surface area contributed by atoms with Gasteiger partial charge in [-0.3, -0.25) is 0 Å². The summed E-state index contributed by atoms with van der Waals surface area (Å²) in [6, 6.07) is 77.9. The number of fused-ring (bicyclic) bond motifs is 7. The van der Waals surface area contributed by atoms with Gasteiger partial charge in [0.25, 0.3) is 0 Å². The first-order chi connectivity index (χ1) is 28.7. The maximum Gasteiger partial charge on any atom is 0.227 e. The van der Waals surface area contributed by atoms with Gasteiger partial charge in [0.05, 0.1) is 0 Å². The molecule has 1 aromatic heterocycles. The Hall–Kier alpha value is -7.75. The van der Waals surface area contributed by atoms with Crippen molar-refractivity contribution in [2.45, 2.75) is 0 Å². The van der Waals surface area contributed by atoms with Crippen molar-refractivity contribution >= 4 is 60.5 Å². The number of benzene rings is 10. The summed E-state index contributed by atoms with van der Waals surface area (Å²) in [5.41, 5.74) is 12.9. The lowest BCUT2D eigenvalue weighted by atomic mass is 9.95. The van der Waals surface area contributed by atoms with Crippen molar-refractivity contribution in [3.05, 3.63) is 218 Å². The number of nitrogens with zero attached hydrogens (tertiary/aromatic N) is 2. The molecule has 0 fully saturated rings. The second-order valence-corrected chi connectivity index (χ2v) is 14.8. The van der Waals surface area contributed by atoms with Gasteiger partial charge < -0.3 is 9.32 Å². The molecule has 0 N–H and O–H groups in total. The zero-order chi connectivity index (χ0) is 38.4. The molecule has 0 spiro atoms. The second-order valence-electron chi connectivity index (χ2n) is 14.8. The molecule has 3 heteroatoms. The van der Waals surface area contributed by atoms with E-state index in [0.717, 1.165) is 66.4 Å². The minimum atomic E-state index is 0.629. The van der Waals surface area contributed by atoms with E-state index in [2.05, 4.69) is 193 Å². The summed E-state index contributed by atoms with van der Waals surface area (Å²) in [6.45, 7) is 0. The van der Waals surface area contributed by atoms with Crippen LogP contribution in [-0.2, 0) is 0 Å². The molecule has 10 aromatic carbocycles. The molecule has 1 heterocycles. The fourth-order valence-corrected chi connectivity index (χ4v) is 8.39. The van der Waals surface area contributed by atoms with Crippen molar-refractivity contribution < 1.29 is 4.42 Å². The molecule has 0 saturated carbocycles. The first kappa shape index (κ1) is 33.6. The van der Waals surface area contributed by atoms with Crippen molar-refractivity contribution in [2.75, 3.05) is 4.90 Å². The quantitative estimate of drug-likeness (QED) is 0.152. The number of anilines is 3. The summed E-state index contributed by atoms with van der Waals surface area (Å²) in [5.74, 6) is 0.629. The number of aromatic nitrogens is 1. The topological polar surface area (TPSA) is 29.3 Å². The van der Waals surface area contributed by atoms with E-state index >= 15 is 0 Å². The summed E-state index contributed by atoms with van der Waals surface area (Å²) >= 11 is 0. The molecule has 0 saturated heterocycles. The lowest BCUT2D eigenvalue weighted by Crippen LogP contribution is -2.10. The van der Waals surface area contributed by atoms with Gasteiger partial charge in [0.1, 0.15) is 5.52 Å². The lowest BCUT2D eigenvalue weighted by molar-refractivity contribution is 0.623. The molecule has 0 aliphatic carbocycles. The number of rotatable bonds is 7. The molecule has 0 amide bonds. The van der Waals surface area contributed by atoms with Crippen molar-refractivity contribution in [3.8, 4) is 44.8 Å². The second kappa shape index (κ2) is 14.1. The molecule has 0 atom stereocenters. The normalized spacial score (nSPS) is 11.4. The average molecular weight is 741 g/mol. The molecular weight excluding hydrogens is 705 g/mol. The Morgan fingerprint density at radius 2 is 0.810 bits per heavy atom. The fourth-order valence-electron chi connectivity index (χ4n) is 8.39. The van der Waals surface area contributed by atoms with Crippen molar-refractivity contribution in [1.82, 2.24) is 4.98 Å². The Morgan fingerprint density at radius 1 is 0.328 bits per heavy atom. The van der Waals surface area contributed by atoms with E-state index < -0.39 is 0 Å². The highest BCUT2D eigenvalue weighted by molar-refractivity contribution is 6.26. The molecule has 0 aliphatic heterocycles. The minimum Gasteiger partial charge on any atom is -0.435 e. The van der Waals surface area contributed by atoms with E-state index in [1.165, 1.54) is 33.0 Å². The SMILES string of the molecule is c1ccc(-c2ccc(N(c3cc(-c4ccccc4)cc(-c4ccccc4)c3)c3ccc4c(ccc5ccc6ccc7nc(-c8ccccc8)oc7c6c54)c3)cc2)cc1. The highest BCUT2D eigenvalue weighted by Gasteiger charge is 2.19. The third-order valence-corrected chi connectivity index (χ3v) is 11.2. The van der Waals surface area contributed by atoms with Gasteiger partial charge in [0, 0.05) is 33.4 Å². The number of hydrogen-bond acceptors (Lipinski definition) is 3. The van der Waals surface area contributed by atoms with Crippen LogP contribution in [0.5, 0.6) is 0 Å². The Morgan fingerprint density at radius 3 is 1.41 bits per heavy atom. The van der Waals surface area contributed by atoms with Crippen molar-refractivity contribution in [3.63, 3.8) is 0 Å². The maximum absolute atomic E-state index is 6.62. The molecule has 11 aromatic rings. The largest absolute Gasteiger partial charge is 0.435 e. The van der Waals surface area contributed by atoms with Crippen LogP contribution >= 0.6 is 0 Å². The summed E-state index contributed by atoms with van der Waals surface area (Å²) in [5, 5.41) is 6.84. The molecule has 0 unspecified atom stereocenters. The lowest BCUT2D eigenvalue weighted by Gasteiger charge is -2.27. The standard InChI is InChI=1S/C55H36N2O/c1-5-13-37(14-6-1)40-25-28-47(29-26-40)57(49-35-45(38-15-7-2-8-16-38)33-46(36-49)39-17-9-3-10-18-39)48-30-31-50-44(34-48)24-23-41-21-22-42-27-32-51-54(53(42)52(41)50)58-55(56-51)43-19-11-4-12-20-43/h1-36H. The van der Waals surface area contributed by atoms with Crippen LogP contribution in [0.25, 0.3) is 88.3 Å². The molecule has 3 nitrogen and oxygen atoms in total. The molecule has 11 rings (SSSR count). The summed E-state index contributed by atoms with van der Waals surface area (Å²) < 4.78 is 6.62. The smallest absolute Gasteiger partial charge is 0.227 e. The monoisotopic (exact) mass is 740 g/mol. The van der Waals surface area contributed by atoms with Crippen LogP contribution in [0.1, 0.15) is 0 Å². The van der Waals surface area contributed by atoms with Crippen LogP contribution in [-0.4, -0.2) is 4.98 Å². The van der Waals surface area contributed by atoms with E-state index in [-0.39, 0.29) is 0 Å². The third kappa shape index (κ3) is 5.98. The van der Waals surface area contributed by atoms with Gasteiger partial charge in [-0.1, -0.05) is 158 Å². The zero-order valence-corrected chi connectivity index (χ0v) is 31.6. The Balaban J connectivity index is 1.13. The average Bonchev–Trinajstić information content (AvgIpc) is 3.75. The highest BCUT2D eigenvalue weighted by Crippen LogP contribution is 2.43. The van der Waals surface area contributed by atoms with Crippen LogP contribution < -0.4 is 4.90 Å². The van der Waals surface area contributed by atoms with E-state index in [1.54, 1.807) is 0 Å². The minimum absolute atomic E-state index is 0.629. The van der Waals surface area contributed by atoms with Crippen LogP contribution in [0.4, 0.5) is 17.1 Å². The van der Waals surface area contributed by atoms with Gasteiger partial charge in [0.2, 0.25) is 5.89 Å². The van der Waals surface area contributed by atoms with Gasteiger partial charge in [-0.05, 0) is 116 Å². The summed E-state index contributed by atoms with van der Waals surface area (Å²) in [7, 11) is 0. The van der Waals surface area contributed by atoms with Crippen LogP contribution in [0, 0.1) is 0 Å². The van der Waals surface area contributed by atoms with Gasteiger partial charge >= 0.3 is 0 Å². The van der Waals surface area contributed by atoms with E-state index in [9.17, 15) is 0 Å². The van der Waals surface area contributed by atoms with Gasteiger partial charge in [0.15, 0.2) is 5.58 Å². The Kier molecular flexibility index (Phi) is 8.15. The van der Waals surface area contributed by atoms with Crippen LogP contribution in [0.15, 0.2) is 223 Å². The summed E-state index contributed by atoms with van der Waals surface area (Å²) in [4.78, 5) is 7.32. The fraction of sp³-hybridized carbons (Fsp3) is 0. The van der Waals surface area contributed by atoms with Gasteiger partial charge in [-0.2, -0.15) is 0 Å². The predicted molar refractivity (Wildman–Crippen MR) is 243 cm³/mol. The third-order valence-electron chi connectivity index (χ3n) is 11.2. The van der Waals surface area contributed by atoms with Crippen LogP contribution in [0.3, 0.4) is 0 Å². The first-order valence-corrected chi connectivity index (χ1v) is 19.7. The first-order valence-electron chi connectivity index (χ1n) is 19.7. The van der Waals surface area contributed by atoms with Crippen LogP contribution in [0.2, 0.25) is 0 Å². The Labute approximate surface area is 336 Å².